The minimum Gasteiger partial charge on any atom is -0.336 e. The van der Waals surface area contributed by atoms with Crippen molar-refractivity contribution >= 4 is 34.2 Å². The summed E-state index contributed by atoms with van der Waals surface area (Å²) in [4.78, 5) is 13.6. The largest absolute Gasteiger partial charge is 0.336 e. The molecule has 1 N–H and O–H groups in total. The second kappa shape index (κ2) is 6.63. The fraction of sp³-hybridized carbons (Fsp3) is 0.417. The summed E-state index contributed by atoms with van der Waals surface area (Å²) in [6.07, 6.45) is 0. The van der Waals surface area contributed by atoms with Crippen molar-refractivity contribution in [3.05, 3.63) is 33.8 Å². The van der Waals surface area contributed by atoms with Gasteiger partial charge in [0.05, 0.1) is 4.47 Å². The van der Waals surface area contributed by atoms with Gasteiger partial charge in [-0.15, -0.1) is 12.4 Å². The maximum Gasteiger partial charge on any atom is 0.259 e. The number of carbonyl (C=O) groups is 1. The van der Waals surface area contributed by atoms with Crippen LogP contribution in [0.3, 0.4) is 0 Å². The standard InChI is InChI=1S/C12H13BrF2N2O.ClH/c1-7-6-17(5-4-16-7)12(18)10-9(14)3-2-8(13)11(10)15;/h2-3,7,16H,4-6H2,1H3;1H/t7-;/m1./s1. The van der Waals surface area contributed by atoms with Crippen molar-refractivity contribution in [2.24, 2.45) is 0 Å². The van der Waals surface area contributed by atoms with Crippen molar-refractivity contribution in [2.45, 2.75) is 13.0 Å². The molecule has 1 aromatic rings. The van der Waals surface area contributed by atoms with E-state index in [1.165, 1.54) is 11.0 Å². The van der Waals surface area contributed by atoms with Gasteiger partial charge >= 0.3 is 0 Å². The van der Waals surface area contributed by atoms with Gasteiger partial charge < -0.3 is 10.2 Å². The van der Waals surface area contributed by atoms with Crippen LogP contribution < -0.4 is 5.32 Å². The average Bonchev–Trinajstić information content (AvgIpc) is 2.34. The second-order valence-corrected chi connectivity index (χ2v) is 5.18. The number of carbonyl (C=O) groups excluding carboxylic acids is 1. The number of piperazine rings is 1. The molecule has 0 radical (unpaired) electrons. The van der Waals surface area contributed by atoms with Gasteiger partial charge in [0.1, 0.15) is 11.4 Å². The molecule has 0 unspecified atom stereocenters. The van der Waals surface area contributed by atoms with E-state index >= 15 is 0 Å². The van der Waals surface area contributed by atoms with Gasteiger partial charge in [0.25, 0.3) is 5.91 Å². The highest BCUT2D eigenvalue weighted by atomic mass is 79.9. The number of halogens is 4. The second-order valence-electron chi connectivity index (χ2n) is 4.32. The van der Waals surface area contributed by atoms with Crippen LogP contribution >= 0.6 is 28.3 Å². The molecule has 1 fully saturated rings. The summed E-state index contributed by atoms with van der Waals surface area (Å²) < 4.78 is 27.5. The molecule has 2 rings (SSSR count). The van der Waals surface area contributed by atoms with Gasteiger partial charge in [-0.25, -0.2) is 8.78 Å². The van der Waals surface area contributed by atoms with Crippen molar-refractivity contribution < 1.29 is 13.6 Å². The van der Waals surface area contributed by atoms with E-state index in [0.29, 0.717) is 19.6 Å². The number of nitrogens with zero attached hydrogens (tertiary/aromatic N) is 1. The van der Waals surface area contributed by atoms with Gasteiger partial charge in [0.15, 0.2) is 5.82 Å². The van der Waals surface area contributed by atoms with E-state index < -0.39 is 23.1 Å². The number of benzene rings is 1. The molecule has 19 heavy (non-hydrogen) atoms. The summed E-state index contributed by atoms with van der Waals surface area (Å²) in [7, 11) is 0. The van der Waals surface area contributed by atoms with Gasteiger partial charge in [-0.05, 0) is 35.0 Å². The first-order valence-corrected chi connectivity index (χ1v) is 6.46. The lowest BCUT2D eigenvalue weighted by Gasteiger charge is -2.32. The number of nitrogens with one attached hydrogen (secondary N) is 1. The predicted molar refractivity (Wildman–Crippen MR) is 74.7 cm³/mol. The monoisotopic (exact) mass is 354 g/mol. The topological polar surface area (TPSA) is 32.3 Å². The average molecular weight is 356 g/mol. The molecule has 0 aromatic heterocycles. The molecule has 0 spiro atoms. The van der Waals surface area contributed by atoms with Crippen LogP contribution in [0.25, 0.3) is 0 Å². The van der Waals surface area contributed by atoms with E-state index in [1.807, 2.05) is 6.92 Å². The Labute approximate surface area is 124 Å². The zero-order valence-electron chi connectivity index (χ0n) is 10.3. The summed E-state index contributed by atoms with van der Waals surface area (Å²) in [5.41, 5.74) is -0.488. The van der Waals surface area contributed by atoms with Crippen LogP contribution in [-0.4, -0.2) is 36.5 Å². The highest BCUT2D eigenvalue weighted by Gasteiger charge is 2.27. The van der Waals surface area contributed by atoms with Crippen molar-refractivity contribution in [2.75, 3.05) is 19.6 Å². The molecule has 1 aliphatic rings. The van der Waals surface area contributed by atoms with E-state index in [0.717, 1.165) is 6.07 Å². The highest BCUT2D eigenvalue weighted by molar-refractivity contribution is 9.10. The molecule has 1 aromatic carbocycles. The molecular weight excluding hydrogens is 341 g/mol. The smallest absolute Gasteiger partial charge is 0.259 e. The van der Waals surface area contributed by atoms with Crippen molar-refractivity contribution in [3.63, 3.8) is 0 Å². The molecule has 1 heterocycles. The van der Waals surface area contributed by atoms with Crippen LogP contribution in [0.15, 0.2) is 16.6 Å². The first-order valence-electron chi connectivity index (χ1n) is 5.67. The number of hydrogen-bond acceptors (Lipinski definition) is 2. The predicted octanol–water partition coefficient (Wildman–Crippen LogP) is 2.58. The normalized spacial score (nSPS) is 18.9. The van der Waals surface area contributed by atoms with Crippen LogP contribution in [-0.2, 0) is 0 Å². The zero-order chi connectivity index (χ0) is 13.3. The number of amides is 1. The minimum absolute atomic E-state index is 0. The van der Waals surface area contributed by atoms with Crippen molar-refractivity contribution in [1.82, 2.24) is 10.2 Å². The van der Waals surface area contributed by atoms with Crippen molar-refractivity contribution in [1.29, 1.82) is 0 Å². The zero-order valence-corrected chi connectivity index (χ0v) is 12.7. The minimum atomic E-state index is -0.841. The molecular formula is C12H14BrClF2N2O. The van der Waals surface area contributed by atoms with Crippen LogP contribution in [0.1, 0.15) is 17.3 Å². The molecule has 3 nitrogen and oxygen atoms in total. The molecule has 7 heteroatoms. The summed E-state index contributed by atoms with van der Waals surface area (Å²) in [6, 6.07) is 2.47. The van der Waals surface area contributed by atoms with Gasteiger partial charge in [-0.3, -0.25) is 4.79 Å². The molecule has 1 amide bonds. The van der Waals surface area contributed by atoms with Crippen LogP contribution in [0.4, 0.5) is 8.78 Å². The highest BCUT2D eigenvalue weighted by Crippen LogP contribution is 2.23. The Morgan fingerprint density at radius 1 is 1.47 bits per heavy atom. The van der Waals surface area contributed by atoms with Crippen LogP contribution in [0.5, 0.6) is 0 Å². The Kier molecular flexibility index (Phi) is 5.70. The van der Waals surface area contributed by atoms with Crippen LogP contribution in [0, 0.1) is 11.6 Å². The molecule has 0 bridgehead atoms. The third-order valence-electron chi connectivity index (χ3n) is 2.91. The van der Waals surface area contributed by atoms with Gasteiger partial charge in [-0.1, -0.05) is 0 Å². The quantitative estimate of drug-likeness (QED) is 0.785. The molecule has 1 aliphatic heterocycles. The SMILES string of the molecule is C[C@@H]1CN(C(=O)c2c(F)ccc(Br)c2F)CCN1.Cl. The molecule has 1 atom stereocenters. The van der Waals surface area contributed by atoms with Gasteiger partial charge in [-0.2, -0.15) is 0 Å². The van der Waals surface area contributed by atoms with E-state index in [-0.39, 0.29) is 22.9 Å². The Balaban J connectivity index is 0.00000180. The third-order valence-corrected chi connectivity index (χ3v) is 3.53. The Morgan fingerprint density at radius 3 is 2.79 bits per heavy atom. The first kappa shape index (κ1) is 16.3. The summed E-state index contributed by atoms with van der Waals surface area (Å²) >= 11 is 2.96. The molecule has 0 aliphatic carbocycles. The summed E-state index contributed by atoms with van der Waals surface area (Å²) in [5, 5.41) is 3.17. The molecule has 1 saturated heterocycles. The maximum absolute atomic E-state index is 13.8. The van der Waals surface area contributed by atoms with E-state index in [1.54, 1.807) is 0 Å². The summed E-state index contributed by atoms with van der Waals surface area (Å²) in [5.74, 6) is -2.27. The summed E-state index contributed by atoms with van der Waals surface area (Å²) in [6.45, 7) is 3.45. The third kappa shape index (κ3) is 3.43. The molecule has 106 valence electrons. The number of hydrogen-bond donors (Lipinski definition) is 1. The number of rotatable bonds is 1. The fourth-order valence-electron chi connectivity index (χ4n) is 2.00. The first-order chi connectivity index (χ1) is 8.50. The lowest BCUT2D eigenvalue weighted by atomic mass is 10.1. The van der Waals surface area contributed by atoms with E-state index in [4.69, 9.17) is 0 Å². The molecule has 0 saturated carbocycles. The van der Waals surface area contributed by atoms with Crippen molar-refractivity contribution in [3.8, 4) is 0 Å². The Hall–Kier alpha value is -0.720. The Morgan fingerprint density at radius 2 is 2.16 bits per heavy atom. The maximum atomic E-state index is 13.8. The van der Waals surface area contributed by atoms with Gasteiger partial charge in [0, 0.05) is 25.7 Å². The lowest BCUT2D eigenvalue weighted by molar-refractivity contribution is 0.0699. The fourth-order valence-corrected chi connectivity index (χ4v) is 2.33. The van der Waals surface area contributed by atoms with E-state index in [9.17, 15) is 13.6 Å². The van der Waals surface area contributed by atoms with Crippen LogP contribution in [0.2, 0.25) is 0 Å². The van der Waals surface area contributed by atoms with E-state index in [2.05, 4.69) is 21.2 Å². The Bertz CT molecular complexity index is 487. The lowest BCUT2D eigenvalue weighted by Crippen LogP contribution is -2.51. The van der Waals surface area contributed by atoms with Gasteiger partial charge in [0.2, 0.25) is 0 Å².